The first-order chi connectivity index (χ1) is 10.1. The van der Waals surface area contributed by atoms with Gasteiger partial charge in [0.1, 0.15) is 5.02 Å². The van der Waals surface area contributed by atoms with E-state index in [0.717, 1.165) is 31.5 Å². The molecule has 0 bridgehead atoms. The van der Waals surface area contributed by atoms with Crippen molar-refractivity contribution < 1.29 is 0 Å². The SMILES string of the molecule is CCCn1ncc(N(CC)C2CCCC2CN)c(Cl)c1=O. The zero-order chi connectivity index (χ0) is 15.4. The maximum atomic E-state index is 12.3. The minimum atomic E-state index is -0.197. The van der Waals surface area contributed by atoms with Crippen molar-refractivity contribution >= 4 is 17.3 Å². The molecule has 1 saturated carbocycles. The fourth-order valence-corrected chi connectivity index (χ4v) is 3.57. The molecule has 2 unspecified atom stereocenters. The number of nitrogens with two attached hydrogens (primary N) is 1. The molecule has 1 fully saturated rings. The Kier molecular flexibility index (Phi) is 5.65. The van der Waals surface area contributed by atoms with Crippen LogP contribution in [0.4, 0.5) is 5.69 Å². The van der Waals surface area contributed by atoms with Crippen molar-refractivity contribution in [3.8, 4) is 0 Å². The van der Waals surface area contributed by atoms with E-state index in [9.17, 15) is 4.79 Å². The van der Waals surface area contributed by atoms with E-state index < -0.39 is 0 Å². The number of halogens is 1. The highest BCUT2D eigenvalue weighted by molar-refractivity contribution is 6.33. The van der Waals surface area contributed by atoms with Gasteiger partial charge in [0.2, 0.25) is 0 Å². The van der Waals surface area contributed by atoms with E-state index in [1.165, 1.54) is 11.1 Å². The van der Waals surface area contributed by atoms with E-state index in [-0.39, 0.29) is 10.6 Å². The molecule has 5 nitrogen and oxygen atoms in total. The van der Waals surface area contributed by atoms with Gasteiger partial charge in [-0.1, -0.05) is 24.9 Å². The second-order valence-corrected chi connectivity index (χ2v) is 6.03. The Hall–Kier alpha value is -1.07. The van der Waals surface area contributed by atoms with Gasteiger partial charge >= 0.3 is 0 Å². The standard InChI is InChI=1S/C15H25ClN4O/c1-3-8-20-15(21)14(16)13(10-18-20)19(4-2)12-7-5-6-11(12)9-17/h10-12H,3-9,17H2,1-2H3. The molecule has 0 aromatic carbocycles. The van der Waals surface area contributed by atoms with Gasteiger partial charge in [0.05, 0.1) is 11.9 Å². The molecule has 0 radical (unpaired) electrons. The molecular formula is C15H25ClN4O. The van der Waals surface area contributed by atoms with Crippen LogP contribution in [-0.2, 0) is 6.54 Å². The van der Waals surface area contributed by atoms with Crippen LogP contribution < -0.4 is 16.2 Å². The molecule has 6 heteroatoms. The van der Waals surface area contributed by atoms with Crippen LogP contribution in [0, 0.1) is 5.92 Å². The van der Waals surface area contributed by atoms with E-state index in [0.29, 0.717) is 25.0 Å². The summed E-state index contributed by atoms with van der Waals surface area (Å²) in [6.45, 7) is 6.18. The lowest BCUT2D eigenvalue weighted by atomic mass is 10.0. The molecule has 1 aromatic rings. The van der Waals surface area contributed by atoms with Crippen molar-refractivity contribution in [1.82, 2.24) is 9.78 Å². The Morgan fingerprint density at radius 3 is 2.86 bits per heavy atom. The van der Waals surface area contributed by atoms with Crippen LogP contribution in [0.3, 0.4) is 0 Å². The lowest BCUT2D eigenvalue weighted by Gasteiger charge is -2.34. The fraction of sp³-hybridized carbons (Fsp3) is 0.733. The average molecular weight is 313 g/mol. The van der Waals surface area contributed by atoms with Crippen LogP contribution in [-0.4, -0.2) is 28.9 Å². The van der Waals surface area contributed by atoms with E-state index in [2.05, 4.69) is 16.9 Å². The van der Waals surface area contributed by atoms with E-state index >= 15 is 0 Å². The van der Waals surface area contributed by atoms with Crippen molar-refractivity contribution in [2.24, 2.45) is 11.7 Å². The molecule has 1 aliphatic carbocycles. The third kappa shape index (κ3) is 3.24. The summed E-state index contributed by atoms with van der Waals surface area (Å²) in [5.41, 5.74) is 6.44. The molecule has 2 N–H and O–H groups in total. The summed E-state index contributed by atoms with van der Waals surface area (Å²) < 4.78 is 1.44. The normalized spacial score (nSPS) is 21.7. The Bertz CT molecular complexity index is 531. The van der Waals surface area contributed by atoms with E-state index in [4.69, 9.17) is 17.3 Å². The predicted molar refractivity (Wildman–Crippen MR) is 87.0 cm³/mol. The topological polar surface area (TPSA) is 64.2 Å². The molecule has 21 heavy (non-hydrogen) atoms. The monoisotopic (exact) mass is 312 g/mol. The molecule has 0 saturated heterocycles. The van der Waals surface area contributed by atoms with Crippen LogP contribution >= 0.6 is 11.6 Å². The van der Waals surface area contributed by atoms with Gasteiger partial charge in [0.25, 0.3) is 5.56 Å². The molecule has 2 atom stereocenters. The number of nitrogens with zero attached hydrogens (tertiary/aromatic N) is 3. The predicted octanol–water partition coefficient (Wildman–Crippen LogP) is 2.26. The molecule has 0 spiro atoms. The summed E-state index contributed by atoms with van der Waals surface area (Å²) in [6.07, 6.45) is 6.02. The van der Waals surface area contributed by atoms with Crippen molar-refractivity contribution in [3.63, 3.8) is 0 Å². The summed E-state index contributed by atoms with van der Waals surface area (Å²) >= 11 is 6.33. The minimum Gasteiger partial charge on any atom is -0.366 e. The van der Waals surface area contributed by atoms with Crippen molar-refractivity contribution in [3.05, 3.63) is 21.6 Å². The lowest BCUT2D eigenvalue weighted by molar-refractivity contribution is 0.460. The van der Waals surface area contributed by atoms with Gasteiger partial charge < -0.3 is 10.6 Å². The lowest BCUT2D eigenvalue weighted by Crippen LogP contribution is -2.41. The summed E-state index contributed by atoms with van der Waals surface area (Å²) in [7, 11) is 0. The Morgan fingerprint density at radius 2 is 2.24 bits per heavy atom. The quantitative estimate of drug-likeness (QED) is 0.875. The first-order valence-electron chi connectivity index (χ1n) is 7.86. The van der Waals surface area contributed by atoms with Gasteiger partial charge in [-0.3, -0.25) is 4.79 Å². The average Bonchev–Trinajstić information content (AvgIpc) is 2.95. The highest BCUT2D eigenvalue weighted by atomic mass is 35.5. The maximum Gasteiger partial charge on any atom is 0.287 e. The first kappa shape index (κ1) is 16.3. The zero-order valence-corrected chi connectivity index (χ0v) is 13.6. The van der Waals surface area contributed by atoms with Gasteiger partial charge in [-0.15, -0.1) is 0 Å². The third-order valence-electron chi connectivity index (χ3n) is 4.37. The highest BCUT2D eigenvalue weighted by Crippen LogP contribution is 2.34. The number of hydrogen-bond donors (Lipinski definition) is 1. The van der Waals surface area contributed by atoms with Gasteiger partial charge in [-0.2, -0.15) is 5.10 Å². The molecule has 1 aromatic heterocycles. The Morgan fingerprint density at radius 1 is 1.48 bits per heavy atom. The molecular weight excluding hydrogens is 288 g/mol. The Labute approximate surface area is 131 Å². The van der Waals surface area contributed by atoms with E-state index in [1.807, 2.05) is 6.92 Å². The third-order valence-corrected chi connectivity index (χ3v) is 4.73. The smallest absolute Gasteiger partial charge is 0.287 e. The van der Waals surface area contributed by atoms with Crippen LogP contribution in [0.25, 0.3) is 0 Å². The van der Waals surface area contributed by atoms with E-state index in [1.54, 1.807) is 6.20 Å². The largest absolute Gasteiger partial charge is 0.366 e. The molecule has 1 heterocycles. The van der Waals surface area contributed by atoms with Crippen LogP contribution in [0.15, 0.2) is 11.0 Å². The fourth-order valence-electron chi connectivity index (χ4n) is 3.31. The number of aromatic nitrogens is 2. The number of hydrogen-bond acceptors (Lipinski definition) is 4. The number of anilines is 1. The minimum absolute atomic E-state index is 0.197. The molecule has 1 aliphatic rings. The van der Waals surface area contributed by atoms with Crippen molar-refractivity contribution in [2.75, 3.05) is 18.0 Å². The van der Waals surface area contributed by atoms with Gasteiger partial charge in [-0.05, 0) is 38.6 Å². The zero-order valence-electron chi connectivity index (χ0n) is 12.9. The van der Waals surface area contributed by atoms with Crippen LogP contribution in [0.1, 0.15) is 39.5 Å². The summed E-state index contributed by atoms with van der Waals surface area (Å²) in [4.78, 5) is 14.5. The van der Waals surface area contributed by atoms with Crippen LogP contribution in [0.5, 0.6) is 0 Å². The molecule has 118 valence electrons. The molecule has 0 amide bonds. The van der Waals surface area contributed by atoms with Gasteiger partial charge in [-0.25, -0.2) is 4.68 Å². The summed E-state index contributed by atoms with van der Waals surface area (Å²) in [5, 5.41) is 4.55. The second kappa shape index (κ2) is 7.27. The molecule has 2 rings (SSSR count). The number of aryl methyl sites for hydroxylation is 1. The highest BCUT2D eigenvalue weighted by Gasteiger charge is 2.32. The van der Waals surface area contributed by atoms with Gasteiger partial charge in [0.15, 0.2) is 0 Å². The summed E-state index contributed by atoms with van der Waals surface area (Å²) in [6, 6.07) is 0.362. The maximum absolute atomic E-state index is 12.3. The summed E-state index contributed by atoms with van der Waals surface area (Å²) in [5.74, 6) is 0.471. The number of rotatable bonds is 6. The first-order valence-corrected chi connectivity index (χ1v) is 8.24. The Balaban J connectivity index is 2.34. The van der Waals surface area contributed by atoms with Crippen molar-refractivity contribution in [1.29, 1.82) is 0 Å². The second-order valence-electron chi connectivity index (χ2n) is 5.65. The molecule has 0 aliphatic heterocycles. The van der Waals surface area contributed by atoms with Gasteiger partial charge in [0, 0.05) is 19.1 Å². The van der Waals surface area contributed by atoms with Crippen molar-refractivity contribution in [2.45, 2.75) is 52.1 Å². The van der Waals surface area contributed by atoms with Crippen LogP contribution in [0.2, 0.25) is 5.02 Å².